The number of ether oxygens (including phenoxy) is 4. The highest BCUT2D eigenvalue weighted by Gasteiger charge is 2.20. The minimum Gasteiger partial charge on any atom is -0.465 e. The summed E-state index contributed by atoms with van der Waals surface area (Å²) in [7, 11) is 3.96. The number of amides is 2. The predicted octanol–water partition coefficient (Wildman–Crippen LogP) is 16.5. The lowest BCUT2D eigenvalue weighted by Gasteiger charge is -2.26. The Labute approximate surface area is 510 Å². The molecule has 0 saturated heterocycles. The number of rotatable bonds is 60. The third-order valence-corrected chi connectivity index (χ3v) is 16.4. The number of nitrogens with one attached hydrogen (secondary N) is 2. The van der Waals surface area contributed by atoms with Crippen LogP contribution in [0, 0.1) is 11.8 Å². The van der Waals surface area contributed by atoms with Gasteiger partial charge in [-0.3, -0.25) is 14.5 Å². The van der Waals surface area contributed by atoms with E-state index < -0.39 is 0 Å². The standard InChI is InChI=1S/C67H132N6O8S/c1-9-15-21-23-25-35-51-72(53-37-27-33-45-63(74)80-59-61(41-29-17-11-3)42-30-18-12-4)66(76)78-57-55-71(50-40-49-70(8)48-39-47-69-65(82)68-7)56-58-79-67(77)73(52-36-26-24-22-16-10-2)54-38-28-34-46-64(75)81-60-62(43-31-19-13-5)44-32-20-14-6/h61-62H,9-60H2,1-8H3,(H2,68,69,82). The van der Waals surface area contributed by atoms with Gasteiger partial charge in [-0.15, -0.1) is 0 Å². The van der Waals surface area contributed by atoms with E-state index in [-0.39, 0.29) is 37.3 Å². The normalized spacial score (nSPS) is 11.5. The Balaban J connectivity index is 5.67. The van der Waals surface area contributed by atoms with Crippen molar-refractivity contribution in [3.05, 3.63) is 0 Å². The van der Waals surface area contributed by atoms with Gasteiger partial charge in [0.15, 0.2) is 5.11 Å². The van der Waals surface area contributed by atoms with Gasteiger partial charge in [-0.25, -0.2) is 9.59 Å². The lowest BCUT2D eigenvalue weighted by molar-refractivity contribution is -0.146. The van der Waals surface area contributed by atoms with Gasteiger partial charge in [0.05, 0.1) is 13.2 Å². The molecule has 0 unspecified atom stereocenters. The molecule has 0 aromatic rings. The van der Waals surface area contributed by atoms with E-state index in [1.807, 2.05) is 16.8 Å². The van der Waals surface area contributed by atoms with E-state index >= 15 is 0 Å². The zero-order chi connectivity index (χ0) is 60.4. The highest BCUT2D eigenvalue weighted by molar-refractivity contribution is 7.80. The van der Waals surface area contributed by atoms with Crippen LogP contribution < -0.4 is 10.6 Å². The molecule has 0 saturated carbocycles. The molecule has 82 heavy (non-hydrogen) atoms. The first-order valence-electron chi connectivity index (χ1n) is 34.5. The molecule has 14 nitrogen and oxygen atoms in total. The molecule has 484 valence electrons. The van der Waals surface area contributed by atoms with Crippen LogP contribution in [0.1, 0.15) is 286 Å². The van der Waals surface area contributed by atoms with Crippen molar-refractivity contribution in [3.8, 4) is 0 Å². The molecule has 0 spiro atoms. The Morgan fingerprint density at radius 3 is 1.11 bits per heavy atom. The van der Waals surface area contributed by atoms with E-state index in [2.05, 4.69) is 69.0 Å². The van der Waals surface area contributed by atoms with Gasteiger partial charge in [0.1, 0.15) is 13.2 Å². The van der Waals surface area contributed by atoms with Crippen molar-refractivity contribution < 1.29 is 38.1 Å². The third kappa shape index (κ3) is 50.4. The van der Waals surface area contributed by atoms with Crippen LogP contribution in [0.5, 0.6) is 0 Å². The van der Waals surface area contributed by atoms with Crippen LogP contribution in [-0.2, 0) is 28.5 Å². The molecule has 0 aliphatic heterocycles. The Morgan fingerprint density at radius 2 is 0.732 bits per heavy atom. The first-order valence-corrected chi connectivity index (χ1v) is 34.9. The van der Waals surface area contributed by atoms with Crippen LogP contribution >= 0.6 is 12.2 Å². The Hall–Kier alpha value is -2.91. The highest BCUT2D eigenvalue weighted by atomic mass is 32.1. The number of hydrogen-bond donors (Lipinski definition) is 2. The van der Waals surface area contributed by atoms with E-state index in [1.165, 1.54) is 128 Å². The number of unbranched alkanes of at least 4 members (excludes halogenated alkanes) is 22. The first-order chi connectivity index (χ1) is 40.0. The summed E-state index contributed by atoms with van der Waals surface area (Å²) in [6.07, 6.45) is 39.7. The molecule has 0 fully saturated rings. The van der Waals surface area contributed by atoms with Gasteiger partial charge in [0.2, 0.25) is 0 Å². The molecular formula is C67H132N6O8S. The Morgan fingerprint density at radius 1 is 0.390 bits per heavy atom. The summed E-state index contributed by atoms with van der Waals surface area (Å²) >= 11 is 5.24. The third-order valence-electron chi connectivity index (χ3n) is 16.0. The number of carbonyl (C=O) groups is 4. The first kappa shape index (κ1) is 79.1. The molecule has 0 bridgehead atoms. The number of hydrogen-bond acceptors (Lipinski definition) is 11. The number of nitrogens with zero attached hydrogens (tertiary/aromatic N) is 4. The molecule has 15 heteroatoms. The zero-order valence-corrected chi connectivity index (χ0v) is 55.7. The summed E-state index contributed by atoms with van der Waals surface area (Å²) in [6.45, 7) is 21.9. The molecule has 0 atom stereocenters. The molecule has 0 aliphatic rings. The van der Waals surface area contributed by atoms with E-state index in [1.54, 1.807) is 0 Å². The SMILES string of the molecule is CCCCCCCCN(CCCCCC(=O)OCC(CCCCC)CCCCC)C(=O)OCCN(CCCN(C)CCCNC(=S)NC)CCOC(=O)N(CCCCCCCC)CCCCCC(=O)OCC(CCCCC)CCCCC. The van der Waals surface area contributed by atoms with E-state index in [0.29, 0.717) is 82.3 Å². The van der Waals surface area contributed by atoms with Gasteiger partial charge in [0, 0.05) is 65.7 Å². The summed E-state index contributed by atoms with van der Waals surface area (Å²) in [5.41, 5.74) is 0. The Kier molecular flexibility index (Phi) is 57.7. The van der Waals surface area contributed by atoms with Gasteiger partial charge < -0.3 is 44.3 Å². The fraction of sp³-hybridized carbons (Fsp3) is 0.925. The van der Waals surface area contributed by atoms with Crippen LogP contribution in [-0.4, -0.2) is 155 Å². The second kappa shape index (κ2) is 59.8. The number of carbonyl (C=O) groups excluding carboxylic acids is 4. The number of thiocarbonyl (C=S) groups is 1. The monoisotopic (exact) mass is 1180 g/mol. The average molecular weight is 1180 g/mol. The maximum atomic E-state index is 13.8. The smallest absolute Gasteiger partial charge is 0.409 e. The van der Waals surface area contributed by atoms with Gasteiger partial charge >= 0.3 is 24.1 Å². The minimum atomic E-state index is -0.283. The van der Waals surface area contributed by atoms with E-state index in [4.69, 9.17) is 31.2 Å². The topological polar surface area (TPSA) is 142 Å². The van der Waals surface area contributed by atoms with Crippen LogP contribution in [0.3, 0.4) is 0 Å². The molecule has 2 N–H and O–H groups in total. The Bertz CT molecular complexity index is 1370. The summed E-state index contributed by atoms with van der Waals surface area (Å²) in [6, 6.07) is 0. The lowest BCUT2D eigenvalue weighted by atomic mass is 9.96. The van der Waals surface area contributed by atoms with Gasteiger partial charge in [-0.05, 0) is 128 Å². The van der Waals surface area contributed by atoms with Crippen molar-refractivity contribution >= 4 is 41.5 Å². The van der Waals surface area contributed by atoms with Crippen molar-refractivity contribution in [2.75, 3.05) is 106 Å². The summed E-state index contributed by atoms with van der Waals surface area (Å²) in [5, 5.41) is 6.85. The summed E-state index contributed by atoms with van der Waals surface area (Å²) < 4.78 is 23.7. The highest BCUT2D eigenvalue weighted by Crippen LogP contribution is 2.21. The molecule has 0 aromatic heterocycles. The van der Waals surface area contributed by atoms with Crippen molar-refractivity contribution in [2.45, 2.75) is 286 Å². The van der Waals surface area contributed by atoms with Gasteiger partial charge in [-0.2, -0.15) is 0 Å². The van der Waals surface area contributed by atoms with Crippen molar-refractivity contribution in [1.82, 2.24) is 30.2 Å². The minimum absolute atomic E-state index is 0.102. The predicted molar refractivity (Wildman–Crippen MR) is 348 cm³/mol. The fourth-order valence-corrected chi connectivity index (χ4v) is 10.6. The van der Waals surface area contributed by atoms with Gasteiger partial charge in [-0.1, -0.05) is 196 Å². The largest absolute Gasteiger partial charge is 0.465 e. The maximum absolute atomic E-state index is 13.8. The quantitative estimate of drug-likeness (QED) is 0.0258. The lowest BCUT2D eigenvalue weighted by Crippen LogP contribution is -2.39. The molecule has 0 heterocycles. The van der Waals surface area contributed by atoms with Crippen molar-refractivity contribution in [1.29, 1.82) is 0 Å². The average Bonchev–Trinajstić information content (AvgIpc) is 3.47. The van der Waals surface area contributed by atoms with Gasteiger partial charge in [0.25, 0.3) is 0 Å². The molecule has 0 rings (SSSR count). The number of esters is 2. The van der Waals surface area contributed by atoms with Crippen molar-refractivity contribution in [3.63, 3.8) is 0 Å². The second-order valence-corrected chi connectivity index (χ2v) is 24.2. The summed E-state index contributed by atoms with van der Waals surface area (Å²) in [4.78, 5) is 61.6. The molecule has 0 aliphatic carbocycles. The van der Waals surface area contributed by atoms with Crippen LogP contribution in [0.2, 0.25) is 0 Å². The molecule has 2 amide bonds. The molecular weight excluding hydrogens is 1050 g/mol. The maximum Gasteiger partial charge on any atom is 0.409 e. The molecule has 0 radical (unpaired) electrons. The fourth-order valence-electron chi connectivity index (χ4n) is 10.5. The molecule has 0 aromatic carbocycles. The van der Waals surface area contributed by atoms with Crippen LogP contribution in [0.25, 0.3) is 0 Å². The van der Waals surface area contributed by atoms with Crippen LogP contribution in [0.15, 0.2) is 0 Å². The van der Waals surface area contributed by atoms with E-state index in [0.717, 1.165) is 129 Å². The second-order valence-electron chi connectivity index (χ2n) is 23.8. The van der Waals surface area contributed by atoms with Crippen LogP contribution in [0.4, 0.5) is 9.59 Å². The zero-order valence-electron chi connectivity index (χ0n) is 54.9. The summed E-state index contributed by atoms with van der Waals surface area (Å²) in [5.74, 6) is 0.709. The van der Waals surface area contributed by atoms with E-state index in [9.17, 15) is 19.2 Å². The van der Waals surface area contributed by atoms with Crippen molar-refractivity contribution in [2.24, 2.45) is 11.8 Å².